The Labute approximate surface area is 154 Å². The molecule has 0 saturated carbocycles. The number of anilines is 1. The average molecular weight is 355 g/mol. The molecule has 0 aliphatic rings. The Morgan fingerprint density at radius 2 is 1.88 bits per heavy atom. The summed E-state index contributed by atoms with van der Waals surface area (Å²) in [4.78, 5) is 23.6. The van der Waals surface area contributed by atoms with Gasteiger partial charge in [-0.05, 0) is 55.2 Å². The first kappa shape index (κ1) is 19.5. The average Bonchev–Trinajstić information content (AvgIpc) is 2.64. The van der Waals surface area contributed by atoms with Crippen molar-refractivity contribution in [3.63, 3.8) is 0 Å². The highest BCUT2D eigenvalue weighted by molar-refractivity contribution is 5.92. The van der Waals surface area contributed by atoms with Crippen LogP contribution < -0.4 is 10.1 Å². The molecule has 1 amide bonds. The largest absolute Gasteiger partial charge is 0.494 e. The fraction of sp³-hybridized carbons (Fsp3) is 0.333. The minimum Gasteiger partial charge on any atom is -0.494 e. The maximum absolute atomic E-state index is 11.9. The summed E-state index contributed by atoms with van der Waals surface area (Å²) in [6.07, 6.45) is 1.64. The Bertz CT molecular complexity index is 742. The van der Waals surface area contributed by atoms with Gasteiger partial charge in [0.25, 0.3) is 5.91 Å². The van der Waals surface area contributed by atoms with Crippen molar-refractivity contribution in [2.45, 2.75) is 33.1 Å². The predicted octanol–water partition coefficient (Wildman–Crippen LogP) is 3.90. The minimum atomic E-state index is -0.407. The van der Waals surface area contributed by atoms with Crippen molar-refractivity contribution in [2.24, 2.45) is 0 Å². The summed E-state index contributed by atoms with van der Waals surface area (Å²) in [7, 11) is 0. The third kappa shape index (κ3) is 6.97. The monoisotopic (exact) mass is 355 g/mol. The van der Waals surface area contributed by atoms with E-state index in [1.807, 2.05) is 62.4 Å². The van der Waals surface area contributed by atoms with E-state index < -0.39 is 5.97 Å². The number of carbonyl (C=O) groups excluding carboxylic acids is 2. The van der Waals surface area contributed by atoms with Crippen molar-refractivity contribution in [3.8, 4) is 5.75 Å². The molecule has 0 atom stereocenters. The lowest BCUT2D eigenvalue weighted by atomic mass is 10.1. The summed E-state index contributed by atoms with van der Waals surface area (Å²) in [6.45, 7) is 4.18. The van der Waals surface area contributed by atoms with E-state index in [0.717, 1.165) is 23.3 Å². The molecule has 0 fully saturated rings. The van der Waals surface area contributed by atoms with Gasteiger partial charge in [0.05, 0.1) is 6.61 Å². The topological polar surface area (TPSA) is 64.6 Å². The lowest BCUT2D eigenvalue weighted by Gasteiger charge is -2.08. The molecule has 1 N–H and O–H groups in total. The Morgan fingerprint density at radius 3 is 2.65 bits per heavy atom. The number of nitrogens with one attached hydrogen (secondary N) is 1. The predicted molar refractivity (Wildman–Crippen MR) is 101 cm³/mol. The van der Waals surface area contributed by atoms with Gasteiger partial charge >= 0.3 is 5.97 Å². The fourth-order valence-electron chi connectivity index (χ4n) is 2.40. The van der Waals surface area contributed by atoms with Gasteiger partial charge in [0.15, 0.2) is 6.61 Å². The fourth-order valence-corrected chi connectivity index (χ4v) is 2.40. The van der Waals surface area contributed by atoms with Crippen molar-refractivity contribution in [1.29, 1.82) is 0 Å². The van der Waals surface area contributed by atoms with Gasteiger partial charge < -0.3 is 14.8 Å². The summed E-state index contributed by atoms with van der Waals surface area (Å²) < 4.78 is 10.6. The summed E-state index contributed by atoms with van der Waals surface area (Å²) in [6, 6.07) is 15.3. The van der Waals surface area contributed by atoms with Crippen LogP contribution >= 0.6 is 0 Å². The van der Waals surface area contributed by atoms with Crippen molar-refractivity contribution in [1.82, 2.24) is 0 Å². The molecule has 2 aromatic rings. The molecule has 0 radical (unpaired) electrons. The van der Waals surface area contributed by atoms with Gasteiger partial charge in [0.2, 0.25) is 0 Å². The summed E-state index contributed by atoms with van der Waals surface area (Å²) in [5, 5.41) is 2.73. The number of benzene rings is 2. The van der Waals surface area contributed by atoms with Crippen LogP contribution in [-0.2, 0) is 20.7 Å². The van der Waals surface area contributed by atoms with Gasteiger partial charge in [-0.15, -0.1) is 0 Å². The van der Waals surface area contributed by atoms with Crippen molar-refractivity contribution >= 4 is 17.6 Å². The zero-order chi connectivity index (χ0) is 18.8. The van der Waals surface area contributed by atoms with Gasteiger partial charge in [-0.1, -0.05) is 31.2 Å². The van der Waals surface area contributed by atoms with Gasteiger partial charge in [0, 0.05) is 12.1 Å². The molecule has 26 heavy (non-hydrogen) atoms. The highest BCUT2D eigenvalue weighted by Gasteiger charge is 2.08. The number of hydrogen-bond acceptors (Lipinski definition) is 4. The molecular weight excluding hydrogens is 330 g/mol. The van der Waals surface area contributed by atoms with E-state index in [2.05, 4.69) is 5.32 Å². The highest BCUT2D eigenvalue weighted by Crippen LogP contribution is 2.13. The Hall–Kier alpha value is -2.82. The van der Waals surface area contributed by atoms with Crippen LogP contribution in [0.5, 0.6) is 5.75 Å². The maximum Gasteiger partial charge on any atom is 0.306 e. The maximum atomic E-state index is 11.9. The van der Waals surface area contributed by atoms with Crippen molar-refractivity contribution in [2.75, 3.05) is 18.5 Å². The van der Waals surface area contributed by atoms with Gasteiger partial charge in [-0.2, -0.15) is 0 Å². The van der Waals surface area contributed by atoms with Crippen LogP contribution in [0.2, 0.25) is 0 Å². The number of esters is 1. The second-order valence-corrected chi connectivity index (χ2v) is 6.03. The Balaban J connectivity index is 1.62. The number of aryl methyl sites for hydroxylation is 2. The van der Waals surface area contributed by atoms with E-state index in [-0.39, 0.29) is 18.9 Å². The zero-order valence-electron chi connectivity index (χ0n) is 15.3. The van der Waals surface area contributed by atoms with Crippen LogP contribution in [0, 0.1) is 6.92 Å². The number of carbonyl (C=O) groups is 2. The Morgan fingerprint density at radius 1 is 1.08 bits per heavy atom. The van der Waals surface area contributed by atoms with Gasteiger partial charge in [-0.25, -0.2) is 0 Å². The van der Waals surface area contributed by atoms with Crippen molar-refractivity contribution < 1.29 is 19.1 Å². The van der Waals surface area contributed by atoms with E-state index >= 15 is 0 Å². The summed E-state index contributed by atoms with van der Waals surface area (Å²) in [5.41, 5.74) is 2.96. The summed E-state index contributed by atoms with van der Waals surface area (Å²) in [5.74, 6) is 0.0324. The van der Waals surface area contributed by atoms with Gasteiger partial charge in [0.1, 0.15) is 5.75 Å². The molecule has 5 heteroatoms. The lowest BCUT2D eigenvalue weighted by Crippen LogP contribution is -2.21. The zero-order valence-corrected chi connectivity index (χ0v) is 15.3. The molecule has 0 aliphatic carbocycles. The third-order valence-electron chi connectivity index (χ3n) is 3.77. The van der Waals surface area contributed by atoms with Crippen LogP contribution in [0.25, 0.3) is 0 Å². The first-order valence-electron chi connectivity index (χ1n) is 8.80. The van der Waals surface area contributed by atoms with Crippen LogP contribution in [0.15, 0.2) is 48.5 Å². The second kappa shape index (κ2) is 10.2. The standard InChI is InChI=1S/C21H25NO4/c1-3-17-8-5-9-18(14-17)22-20(23)15-26-21(24)11-6-12-25-19-10-4-7-16(2)13-19/h4-5,7-10,13-14H,3,6,11-12,15H2,1-2H3,(H,22,23). The van der Waals surface area contributed by atoms with Crippen LogP contribution in [0.4, 0.5) is 5.69 Å². The molecule has 0 spiro atoms. The number of hydrogen-bond donors (Lipinski definition) is 1. The molecule has 2 aromatic carbocycles. The first-order chi connectivity index (χ1) is 12.6. The molecule has 0 heterocycles. The number of rotatable bonds is 9. The molecule has 5 nitrogen and oxygen atoms in total. The van der Waals surface area contributed by atoms with E-state index in [1.54, 1.807) is 0 Å². The molecule has 0 saturated heterocycles. The van der Waals surface area contributed by atoms with Crippen LogP contribution in [0.1, 0.15) is 30.9 Å². The van der Waals surface area contributed by atoms with Gasteiger partial charge in [-0.3, -0.25) is 9.59 Å². The molecule has 2 rings (SSSR count). The van der Waals surface area contributed by atoms with E-state index in [9.17, 15) is 9.59 Å². The molecular formula is C21H25NO4. The quantitative estimate of drug-likeness (QED) is 0.547. The van der Waals surface area contributed by atoms with E-state index in [0.29, 0.717) is 18.7 Å². The Kier molecular flexibility index (Phi) is 7.68. The minimum absolute atomic E-state index is 0.213. The SMILES string of the molecule is CCc1cccc(NC(=O)COC(=O)CCCOc2cccc(C)c2)c1. The normalized spacial score (nSPS) is 10.2. The van der Waals surface area contributed by atoms with Crippen molar-refractivity contribution in [3.05, 3.63) is 59.7 Å². The number of amides is 1. The summed E-state index contributed by atoms with van der Waals surface area (Å²) >= 11 is 0. The second-order valence-electron chi connectivity index (χ2n) is 6.03. The smallest absolute Gasteiger partial charge is 0.306 e. The molecule has 138 valence electrons. The third-order valence-corrected chi connectivity index (χ3v) is 3.77. The molecule has 0 aromatic heterocycles. The van der Waals surface area contributed by atoms with E-state index in [1.165, 1.54) is 0 Å². The molecule has 0 bridgehead atoms. The van der Waals surface area contributed by atoms with Crippen LogP contribution in [0.3, 0.4) is 0 Å². The number of ether oxygens (including phenoxy) is 2. The highest BCUT2D eigenvalue weighted by atomic mass is 16.5. The van der Waals surface area contributed by atoms with Crippen LogP contribution in [-0.4, -0.2) is 25.1 Å². The molecule has 0 unspecified atom stereocenters. The first-order valence-corrected chi connectivity index (χ1v) is 8.80. The lowest BCUT2D eigenvalue weighted by molar-refractivity contribution is -0.147. The molecule has 0 aliphatic heterocycles. The van der Waals surface area contributed by atoms with E-state index in [4.69, 9.17) is 9.47 Å².